The van der Waals surface area contributed by atoms with Crippen LogP contribution in [-0.4, -0.2) is 6.61 Å². The van der Waals surface area contributed by atoms with Gasteiger partial charge in [-0.2, -0.15) is 0 Å². The first-order valence-corrected chi connectivity index (χ1v) is 8.81. The molecule has 2 aromatic carbocycles. The van der Waals surface area contributed by atoms with Gasteiger partial charge in [-0.05, 0) is 36.8 Å². The number of alkyl halides is 1. The number of rotatable bonds is 6. The standard InChI is InChI=1S/C16H15Br2ClO2/c1-2-20-16-7-11(9-17)3-6-15(16)21-10-12-4-5-13(18)8-14(12)19/h3-8H,2,9-10H2,1H3. The van der Waals surface area contributed by atoms with Gasteiger partial charge in [-0.3, -0.25) is 0 Å². The molecule has 0 heterocycles. The molecule has 0 saturated carbocycles. The molecule has 0 fully saturated rings. The molecule has 0 N–H and O–H groups in total. The molecule has 0 aliphatic heterocycles. The Kier molecular flexibility index (Phi) is 6.40. The smallest absolute Gasteiger partial charge is 0.161 e. The van der Waals surface area contributed by atoms with Gasteiger partial charge in [0.1, 0.15) is 6.61 Å². The SMILES string of the molecule is CCOc1cc(CBr)ccc1OCc1ccc(Br)cc1Cl. The van der Waals surface area contributed by atoms with E-state index in [9.17, 15) is 0 Å². The average Bonchev–Trinajstić information content (AvgIpc) is 2.47. The lowest BCUT2D eigenvalue weighted by Crippen LogP contribution is -2.00. The highest BCUT2D eigenvalue weighted by Crippen LogP contribution is 2.31. The third-order valence-corrected chi connectivity index (χ3v) is 4.35. The van der Waals surface area contributed by atoms with E-state index in [0.29, 0.717) is 18.2 Å². The molecule has 0 unspecified atom stereocenters. The summed E-state index contributed by atoms with van der Waals surface area (Å²) in [6.45, 7) is 2.96. The Morgan fingerprint density at radius 1 is 1.05 bits per heavy atom. The van der Waals surface area contributed by atoms with Crippen LogP contribution in [0, 0.1) is 0 Å². The van der Waals surface area contributed by atoms with Crippen LogP contribution < -0.4 is 9.47 Å². The summed E-state index contributed by atoms with van der Waals surface area (Å²) in [5.74, 6) is 1.48. The molecule has 0 saturated heterocycles. The minimum Gasteiger partial charge on any atom is -0.490 e. The van der Waals surface area contributed by atoms with Gasteiger partial charge in [-0.15, -0.1) is 0 Å². The molecule has 2 nitrogen and oxygen atoms in total. The van der Waals surface area contributed by atoms with E-state index in [2.05, 4.69) is 31.9 Å². The van der Waals surface area contributed by atoms with Crippen molar-refractivity contribution in [3.63, 3.8) is 0 Å². The molecule has 0 amide bonds. The molecule has 5 heteroatoms. The van der Waals surface area contributed by atoms with Crippen molar-refractivity contribution >= 4 is 43.5 Å². The second-order valence-electron chi connectivity index (χ2n) is 4.37. The van der Waals surface area contributed by atoms with Gasteiger partial charge >= 0.3 is 0 Å². The highest BCUT2D eigenvalue weighted by molar-refractivity contribution is 9.10. The summed E-state index contributed by atoms with van der Waals surface area (Å²) in [7, 11) is 0. The van der Waals surface area contributed by atoms with Gasteiger partial charge in [0.05, 0.1) is 6.61 Å². The van der Waals surface area contributed by atoms with Crippen molar-refractivity contribution in [2.45, 2.75) is 18.9 Å². The molecule has 0 aromatic heterocycles. The van der Waals surface area contributed by atoms with Crippen molar-refractivity contribution in [2.24, 2.45) is 0 Å². The fourth-order valence-electron chi connectivity index (χ4n) is 1.82. The minimum atomic E-state index is 0.403. The van der Waals surface area contributed by atoms with Crippen LogP contribution in [0.3, 0.4) is 0 Å². The fourth-order valence-corrected chi connectivity index (χ4v) is 2.89. The first kappa shape index (κ1) is 16.7. The van der Waals surface area contributed by atoms with Crippen molar-refractivity contribution in [1.29, 1.82) is 0 Å². The molecule has 0 atom stereocenters. The summed E-state index contributed by atoms with van der Waals surface area (Å²) in [5.41, 5.74) is 2.08. The lowest BCUT2D eigenvalue weighted by atomic mass is 10.2. The van der Waals surface area contributed by atoms with Gasteiger partial charge in [-0.25, -0.2) is 0 Å². The highest BCUT2D eigenvalue weighted by Gasteiger charge is 2.08. The normalized spacial score (nSPS) is 10.5. The van der Waals surface area contributed by atoms with Gasteiger partial charge in [-0.1, -0.05) is 55.6 Å². The predicted molar refractivity (Wildman–Crippen MR) is 93.7 cm³/mol. The maximum atomic E-state index is 6.20. The number of hydrogen-bond acceptors (Lipinski definition) is 2. The molecule has 0 bridgehead atoms. The Balaban J connectivity index is 2.15. The van der Waals surface area contributed by atoms with Crippen LogP contribution in [0.2, 0.25) is 5.02 Å². The molecule has 21 heavy (non-hydrogen) atoms. The fraction of sp³-hybridized carbons (Fsp3) is 0.250. The summed E-state index contributed by atoms with van der Waals surface area (Å²) < 4.78 is 12.4. The summed E-state index contributed by atoms with van der Waals surface area (Å²) in [5, 5.41) is 1.46. The molecule has 2 aromatic rings. The van der Waals surface area contributed by atoms with Gasteiger partial charge in [0.15, 0.2) is 11.5 Å². The average molecular weight is 435 g/mol. The van der Waals surface area contributed by atoms with Crippen LogP contribution in [0.5, 0.6) is 11.5 Å². The molecule has 112 valence electrons. The minimum absolute atomic E-state index is 0.403. The van der Waals surface area contributed by atoms with Crippen LogP contribution in [-0.2, 0) is 11.9 Å². The van der Waals surface area contributed by atoms with E-state index in [1.165, 1.54) is 0 Å². The largest absolute Gasteiger partial charge is 0.490 e. The molecular formula is C16H15Br2ClO2. The van der Waals surface area contributed by atoms with E-state index in [-0.39, 0.29) is 0 Å². The quantitative estimate of drug-likeness (QED) is 0.521. The molecule has 2 rings (SSSR count). The van der Waals surface area contributed by atoms with E-state index in [1.807, 2.05) is 43.3 Å². The summed E-state index contributed by atoms with van der Waals surface area (Å²) in [4.78, 5) is 0. The van der Waals surface area contributed by atoms with Crippen molar-refractivity contribution in [1.82, 2.24) is 0 Å². The summed E-state index contributed by atoms with van der Waals surface area (Å²) >= 11 is 13.0. The van der Waals surface area contributed by atoms with E-state index < -0.39 is 0 Å². The van der Waals surface area contributed by atoms with Crippen LogP contribution >= 0.6 is 43.5 Å². The summed E-state index contributed by atoms with van der Waals surface area (Å²) in [6.07, 6.45) is 0. The van der Waals surface area contributed by atoms with Crippen LogP contribution in [0.4, 0.5) is 0 Å². The van der Waals surface area contributed by atoms with E-state index >= 15 is 0 Å². The number of ether oxygens (including phenoxy) is 2. The molecule has 0 radical (unpaired) electrons. The zero-order valence-electron chi connectivity index (χ0n) is 11.5. The topological polar surface area (TPSA) is 18.5 Å². The highest BCUT2D eigenvalue weighted by atomic mass is 79.9. The zero-order valence-corrected chi connectivity index (χ0v) is 15.5. The van der Waals surface area contributed by atoms with Crippen molar-refractivity contribution in [3.05, 3.63) is 57.0 Å². The van der Waals surface area contributed by atoms with Crippen molar-refractivity contribution in [2.75, 3.05) is 6.61 Å². The lowest BCUT2D eigenvalue weighted by Gasteiger charge is -2.13. The number of hydrogen-bond donors (Lipinski definition) is 0. The van der Waals surface area contributed by atoms with Crippen LogP contribution in [0.25, 0.3) is 0 Å². The van der Waals surface area contributed by atoms with Gasteiger partial charge in [0, 0.05) is 20.4 Å². The maximum Gasteiger partial charge on any atom is 0.161 e. The third-order valence-electron chi connectivity index (χ3n) is 2.86. The van der Waals surface area contributed by atoms with E-state index in [1.54, 1.807) is 0 Å². The Hall–Kier alpha value is -0.710. The molecular weight excluding hydrogens is 419 g/mol. The first-order valence-electron chi connectivity index (χ1n) is 6.52. The Morgan fingerprint density at radius 2 is 1.86 bits per heavy atom. The Labute approximate surface area is 146 Å². The predicted octanol–water partition coefficient (Wildman–Crippen LogP) is 5.98. The number of halogens is 3. The van der Waals surface area contributed by atoms with Gasteiger partial charge < -0.3 is 9.47 Å². The molecule has 0 spiro atoms. The monoisotopic (exact) mass is 432 g/mol. The van der Waals surface area contributed by atoms with Crippen LogP contribution in [0.15, 0.2) is 40.9 Å². The first-order chi connectivity index (χ1) is 10.1. The second-order valence-corrected chi connectivity index (χ2v) is 6.26. The van der Waals surface area contributed by atoms with Gasteiger partial charge in [0.25, 0.3) is 0 Å². The number of benzene rings is 2. The van der Waals surface area contributed by atoms with Crippen molar-refractivity contribution in [3.8, 4) is 11.5 Å². The van der Waals surface area contributed by atoms with Crippen LogP contribution in [0.1, 0.15) is 18.1 Å². The van der Waals surface area contributed by atoms with Crippen molar-refractivity contribution < 1.29 is 9.47 Å². The lowest BCUT2D eigenvalue weighted by molar-refractivity contribution is 0.269. The summed E-state index contributed by atoms with van der Waals surface area (Å²) in [6, 6.07) is 11.7. The molecule has 0 aliphatic rings. The Bertz CT molecular complexity index is 617. The Morgan fingerprint density at radius 3 is 2.52 bits per heavy atom. The van der Waals surface area contributed by atoms with E-state index in [0.717, 1.165) is 32.4 Å². The molecule has 0 aliphatic carbocycles. The second kappa shape index (κ2) is 8.06. The van der Waals surface area contributed by atoms with Gasteiger partial charge in [0.2, 0.25) is 0 Å². The third kappa shape index (κ3) is 4.63. The zero-order chi connectivity index (χ0) is 15.2. The van der Waals surface area contributed by atoms with E-state index in [4.69, 9.17) is 21.1 Å². The maximum absolute atomic E-state index is 6.20.